The molecule has 0 amide bonds. The second-order valence-corrected chi connectivity index (χ2v) is 9.50. The predicted octanol–water partition coefficient (Wildman–Crippen LogP) is 3.52. The van der Waals surface area contributed by atoms with E-state index in [0.717, 1.165) is 58.6 Å². The first kappa shape index (κ1) is 24.1. The van der Waals surface area contributed by atoms with Crippen LogP contribution in [0.25, 0.3) is 10.9 Å². The van der Waals surface area contributed by atoms with Crippen molar-refractivity contribution in [2.75, 3.05) is 13.7 Å². The van der Waals surface area contributed by atoms with Crippen LogP contribution >= 0.6 is 0 Å². The second-order valence-electron chi connectivity index (χ2n) is 9.50. The van der Waals surface area contributed by atoms with Crippen LogP contribution in [0.5, 0.6) is 5.75 Å². The molecule has 0 saturated carbocycles. The molecule has 1 aliphatic rings. The molecule has 0 aliphatic carbocycles. The molecule has 188 valence electrons. The van der Waals surface area contributed by atoms with E-state index < -0.39 is 0 Å². The Morgan fingerprint density at radius 1 is 1.14 bits per heavy atom. The minimum atomic E-state index is -0.0742. The van der Waals surface area contributed by atoms with Crippen LogP contribution in [0.1, 0.15) is 40.9 Å². The summed E-state index contributed by atoms with van der Waals surface area (Å²) in [4.78, 5) is 18.4. The number of rotatable bonds is 9. The van der Waals surface area contributed by atoms with E-state index in [0.29, 0.717) is 31.7 Å². The average molecular weight is 489 g/mol. The van der Waals surface area contributed by atoms with Gasteiger partial charge in [-0.3, -0.25) is 9.69 Å². The van der Waals surface area contributed by atoms with Crippen molar-refractivity contribution in [1.29, 1.82) is 0 Å². The number of nitrogens with one attached hydrogen (secondary N) is 1. The number of aromatic amines is 1. The molecular formula is C27H32N6O3. The molecule has 1 aliphatic heterocycles. The zero-order chi connectivity index (χ0) is 25.1. The lowest BCUT2D eigenvalue weighted by Gasteiger charge is -2.22. The molecule has 36 heavy (non-hydrogen) atoms. The van der Waals surface area contributed by atoms with E-state index in [4.69, 9.17) is 9.47 Å². The summed E-state index contributed by atoms with van der Waals surface area (Å²) in [5, 5.41) is 13.5. The number of nitrogens with zero attached hydrogens (tertiary/aromatic N) is 5. The summed E-state index contributed by atoms with van der Waals surface area (Å²) in [6.07, 6.45) is 2.22. The Balaban J connectivity index is 1.43. The summed E-state index contributed by atoms with van der Waals surface area (Å²) in [5.74, 6) is 1.56. The van der Waals surface area contributed by atoms with Crippen LogP contribution in [0.4, 0.5) is 0 Å². The molecule has 0 bridgehead atoms. The van der Waals surface area contributed by atoms with Crippen molar-refractivity contribution in [2.24, 2.45) is 0 Å². The first-order valence-electron chi connectivity index (χ1n) is 12.3. The normalized spacial score (nSPS) is 15.7. The molecule has 1 atom stereocenters. The fraction of sp³-hybridized carbons (Fsp3) is 0.407. The maximum Gasteiger partial charge on any atom is 0.252 e. The average Bonchev–Trinajstić information content (AvgIpc) is 3.56. The highest BCUT2D eigenvalue weighted by Gasteiger charge is 2.21. The SMILES string of the molecule is COc1ccc(CN(Cc2cc3ccc(C)c(C)c3[nH]c2=O)Cc2nnnn2C[C@H]2CCCO2)cc1. The third-order valence-electron chi connectivity index (χ3n) is 6.96. The molecule has 0 spiro atoms. The van der Waals surface area contributed by atoms with Crippen molar-refractivity contribution in [2.45, 2.75) is 59.0 Å². The van der Waals surface area contributed by atoms with Crippen LogP contribution in [-0.2, 0) is 30.9 Å². The zero-order valence-corrected chi connectivity index (χ0v) is 21.0. The Labute approximate surface area is 210 Å². The number of fused-ring (bicyclic) bond motifs is 1. The zero-order valence-electron chi connectivity index (χ0n) is 21.0. The van der Waals surface area contributed by atoms with Crippen LogP contribution in [0, 0.1) is 13.8 Å². The van der Waals surface area contributed by atoms with E-state index in [-0.39, 0.29) is 11.7 Å². The number of tetrazole rings is 1. The standard InChI is InChI=1S/C27H32N6O3/c1-18-6-9-21-13-22(27(34)28-26(21)19(18)2)15-32(14-20-7-10-23(35-3)11-8-20)17-25-29-30-31-33(25)16-24-5-4-12-36-24/h6-11,13,24H,4-5,12,14-17H2,1-3H3,(H,28,34)/t24-/m1/s1. The van der Waals surface area contributed by atoms with Gasteiger partial charge in [-0.25, -0.2) is 4.68 Å². The molecule has 2 aromatic carbocycles. The first-order chi connectivity index (χ1) is 17.5. The highest BCUT2D eigenvalue weighted by atomic mass is 16.5. The number of aromatic nitrogens is 5. The Hall–Kier alpha value is -3.56. The van der Waals surface area contributed by atoms with Gasteiger partial charge in [0.15, 0.2) is 5.82 Å². The minimum absolute atomic E-state index is 0.0742. The van der Waals surface area contributed by atoms with Gasteiger partial charge in [0.05, 0.1) is 31.8 Å². The van der Waals surface area contributed by atoms with Crippen molar-refractivity contribution in [3.63, 3.8) is 0 Å². The Morgan fingerprint density at radius 2 is 1.97 bits per heavy atom. The number of ether oxygens (including phenoxy) is 2. The van der Waals surface area contributed by atoms with Gasteiger partial charge >= 0.3 is 0 Å². The summed E-state index contributed by atoms with van der Waals surface area (Å²) in [6.45, 7) is 7.09. The molecule has 3 heterocycles. The molecule has 1 N–H and O–H groups in total. The van der Waals surface area contributed by atoms with E-state index in [1.54, 1.807) is 7.11 Å². The molecule has 2 aromatic heterocycles. The maximum atomic E-state index is 13.1. The third kappa shape index (κ3) is 5.32. The van der Waals surface area contributed by atoms with Gasteiger partial charge in [0, 0.05) is 25.3 Å². The highest BCUT2D eigenvalue weighted by molar-refractivity contribution is 5.83. The minimum Gasteiger partial charge on any atom is -0.497 e. The molecule has 4 aromatic rings. The quantitative estimate of drug-likeness (QED) is 0.385. The van der Waals surface area contributed by atoms with Gasteiger partial charge in [0.1, 0.15) is 5.75 Å². The predicted molar refractivity (Wildman–Crippen MR) is 137 cm³/mol. The van der Waals surface area contributed by atoms with Gasteiger partial charge in [-0.2, -0.15) is 0 Å². The second kappa shape index (κ2) is 10.6. The van der Waals surface area contributed by atoms with Gasteiger partial charge in [-0.05, 0) is 77.4 Å². The van der Waals surface area contributed by atoms with E-state index in [1.807, 2.05) is 41.9 Å². The van der Waals surface area contributed by atoms with E-state index in [2.05, 4.69) is 44.5 Å². The summed E-state index contributed by atoms with van der Waals surface area (Å²) in [7, 11) is 1.66. The largest absolute Gasteiger partial charge is 0.497 e. The van der Waals surface area contributed by atoms with E-state index >= 15 is 0 Å². The number of hydrogen-bond donors (Lipinski definition) is 1. The number of hydrogen-bond acceptors (Lipinski definition) is 7. The molecule has 5 rings (SSSR count). The molecule has 9 heteroatoms. The Kier molecular flexibility index (Phi) is 7.11. The van der Waals surface area contributed by atoms with Crippen LogP contribution in [0.15, 0.2) is 47.3 Å². The smallest absolute Gasteiger partial charge is 0.252 e. The summed E-state index contributed by atoms with van der Waals surface area (Å²) in [5.41, 5.74) is 4.89. The number of benzene rings is 2. The number of pyridine rings is 1. The lowest BCUT2D eigenvalue weighted by Crippen LogP contribution is -2.29. The van der Waals surface area contributed by atoms with Crippen LogP contribution < -0.4 is 10.3 Å². The third-order valence-corrected chi connectivity index (χ3v) is 6.96. The van der Waals surface area contributed by atoms with Gasteiger partial charge in [0.2, 0.25) is 0 Å². The van der Waals surface area contributed by atoms with Gasteiger partial charge < -0.3 is 14.5 Å². The van der Waals surface area contributed by atoms with Gasteiger partial charge in [0.25, 0.3) is 5.56 Å². The monoisotopic (exact) mass is 488 g/mol. The fourth-order valence-corrected chi connectivity index (χ4v) is 4.74. The highest BCUT2D eigenvalue weighted by Crippen LogP contribution is 2.21. The maximum absolute atomic E-state index is 13.1. The molecule has 1 saturated heterocycles. The molecule has 0 unspecified atom stereocenters. The summed E-state index contributed by atoms with van der Waals surface area (Å²) < 4.78 is 12.9. The molecule has 0 radical (unpaired) electrons. The number of methoxy groups -OCH3 is 1. The van der Waals surface area contributed by atoms with Gasteiger partial charge in [-0.1, -0.05) is 24.3 Å². The first-order valence-corrected chi connectivity index (χ1v) is 12.3. The topological polar surface area (TPSA) is 98.2 Å². The molecule has 1 fully saturated rings. The van der Waals surface area contributed by atoms with Crippen molar-refractivity contribution < 1.29 is 9.47 Å². The van der Waals surface area contributed by atoms with E-state index in [1.165, 1.54) is 0 Å². The van der Waals surface area contributed by atoms with Gasteiger partial charge in [-0.15, -0.1) is 5.10 Å². The van der Waals surface area contributed by atoms with Crippen molar-refractivity contribution in [1.82, 2.24) is 30.1 Å². The van der Waals surface area contributed by atoms with Crippen molar-refractivity contribution in [3.8, 4) is 5.75 Å². The number of H-pyrrole nitrogens is 1. The van der Waals surface area contributed by atoms with Crippen molar-refractivity contribution in [3.05, 3.63) is 80.9 Å². The summed E-state index contributed by atoms with van der Waals surface area (Å²) >= 11 is 0. The molecule has 9 nitrogen and oxygen atoms in total. The van der Waals surface area contributed by atoms with E-state index in [9.17, 15) is 4.79 Å². The van der Waals surface area contributed by atoms with Crippen LogP contribution in [0.3, 0.4) is 0 Å². The summed E-state index contributed by atoms with van der Waals surface area (Å²) in [6, 6.07) is 14.1. The Morgan fingerprint density at radius 3 is 2.72 bits per heavy atom. The van der Waals surface area contributed by atoms with Crippen LogP contribution in [-0.4, -0.2) is 49.9 Å². The number of aryl methyl sites for hydroxylation is 2. The van der Waals surface area contributed by atoms with Crippen LogP contribution in [0.2, 0.25) is 0 Å². The lowest BCUT2D eigenvalue weighted by molar-refractivity contribution is 0.0914. The van der Waals surface area contributed by atoms with Crippen molar-refractivity contribution >= 4 is 10.9 Å². The molecular weight excluding hydrogens is 456 g/mol. The fourth-order valence-electron chi connectivity index (χ4n) is 4.74. The lowest BCUT2D eigenvalue weighted by atomic mass is 10.0. The Bertz CT molecular complexity index is 1390.